The van der Waals surface area contributed by atoms with Crippen LogP contribution < -0.4 is 5.56 Å². The summed E-state index contributed by atoms with van der Waals surface area (Å²) in [4.78, 5) is 33.9. The van der Waals surface area contributed by atoms with Gasteiger partial charge >= 0.3 is 0 Å². The number of aromatic nitrogens is 2. The standard InChI is InChI=1S/C28H27ClFN3O2/c1-4-25(32(17-18(2)3)27(34)21-12-5-7-14-23(21)30)26-31-24-15-8-6-13-22(24)28(35)33(26)20-11-9-10-19(29)16-20/h5-16,18,25H,4,17H2,1-3H3. The fraction of sp³-hybridized carbons (Fsp3) is 0.250. The number of amides is 1. The summed E-state index contributed by atoms with van der Waals surface area (Å²) in [5.74, 6) is -0.515. The average Bonchev–Trinajstić information content (AvgIpc) is 2.84. The third kappa shape index (κ3) is 4.98. The summed E-state index contributed by atoms with van der Waals surface area (Å²) in [7, 11) is 0. The zero-order valence-corrected chi connectivity index (χ0v) is 20.7. The Kier molecular flexibility index (Phi) is 7.31. The van der Waals surface area contributed by atoms with E-state index in [-0.39, 0.29) is 17.0 Å². The summed E-state index contributed by atoms with van der Waals surface area (Å²) in [6.45, 7) is 6.28. The predicted molar refractivity (Wildman–Crippen MR) is 138 cm³/mol. The van der Waals surface area contributed by atoms with E-state index in [9.17, 15) is 14.0 Å². The Morgan fingerprint density at radius 1 is 1.06 bits per heavy atom. The van der Waals surface area contributed by atoms with Crippen LogP contribution in [0.15, 0.2) is 77.6 Å². The predicted octanol–water partition coefficient (Wildman–Crippen LogP) is 6.43. The Hall–Kier alpha value is -3.51. The highest BCUT2D eigenvalue weighted by atomic mass is 35.5. The molecule has 0 aliphatic heterocycles. The van der Waals surface area contributed by atoms with Crippen LogP contribution in [0, 0.1) is 11.7 Å². The molecule has 1 atom stereocenters. The van der Waals surface area contributed by atoms with Crippen molar-refractivity contribution in [3.05, 3.63) is 105 Å². The minimum Gasteiger partial charge on any atom is -0.328 e. The van der Waals surface area contributed by atoms with E-state index in [1.165, 1.54) is 16.7 Å². The summed E-state index contributed by atoms with van der Waals surface area (Å²) in [6.07, 6.45) is 0.470. The summed E-state index contributed by atoms with van der Waals surface area (Å²) in [5, 5.41) is 0.935. The van der Waals surface area contributed by atoms with E-state index >= 15 is 0 Å². The van der Waals surface area contributed by atoms with E-state index in [2.05, 4.69) is 0 Å². The molecule has 1 heterocycles. The number of para-hydroxylation sites is 1. The molecule has 0 aliphatic rings. The maximum atomic E-state index is 14.6. The zero-order chi connectivity index (χ0) is 25.1. The van der Waals surface area contributed by atoms with Crippen molar-refractivity contribution >= 4 is 28.4 Å². The number of fused-ring (bicyclic) bond motifs is 1. The van der Waals surface area contributed by atoms with Gasteiger partial charge < -0.3 is 4.90 Å². The van der Waals surface area contributed by atoms with Crippen LogP contribution in [0.4, 0.5) is 4.39 Å². The summed E-state index contributed by atoms with van der Waals surface area (Å²) < 4.78 is 16.2. The van der Waals surface area contributed by atoms with Gasteiger partial charge in [0.05, 0.1) is 28.2 Å². The number of halogens is 2. The molecule has 0 bridgehead atoms. The monoisotopic (exact) mass is 491 g/mol. The Labute approximate surface area is 208 Å². The van der Waals surface area contributed by atoms with E-state index in [1.54, 1.807) is 59.5 Å². The fourth-order valence-electron chi connectivity index (χ4n) is 4.31. The molecule has 1 amide bonds. The maximum Gasteiger partial charge on any atom is 0.266 e. The van der Waals surface area contributed by atoms with Gasteiger partial charge in [0.1, 0.15) is 11.6 Å². The third-order valence-corrected chi connectivity index (χ3v) is 6.09. The Bertz CT molecular complexity index is 1430. The van der Waals surface area contributed by atoms with Crippen LogP contribution in [0.25, 0.3) is 16.6 Å². The van der Waals surface area contributed by atoms with E-state index < -0.39 is 17.8 Å². The second-order valence-electron chi connectivity index (χ2n) is 8.86. The van der Waals surface area contributed by atoms with Crippen molar-refractivity contribution in [2.75, 3.05) is 6.54 Å². The number of carbonyl (C=O) groups is 1. The number of benzene rings is 3. The molecule has 0 radical (unpaired) electrons. The number of nitrogens with zero attached hydrogens (tertiary/aromatic N) is 3. The highest BCUT2D eigenvalue weighted by molar-refractivity contribution is 6.30. The lowest BCUT2D eigenvalue weighted by molar-refractivity contribution is 0.0626. The number of hydrogen-bond acceptors (Lipinski definition) is 3. The zero-order valence-electron chi connectivity index (χ0n) is 19.9. The van der Waals surface area contributed by atoms with Gasteiger partial charge in [0.15, 0.2) is 0 Å². The molecular weight excluding hydrogens is 465 g/mol. The lowest BCUT2D eigenvalue weighted by Crippen LogP contribution is -2.40. The van der Waals surface area contributed by atoms with Crippen molar-refractivity contribution in [1.82, 2.24) is 14.5 Å². The van der Waals surface area contributed by atoms with Crippen LogP contribution in [0.5, 0.6) is 0 Å². The number of rotatable bonds is 7. The molecule has 7 heteroatoms. The first-order valence-electron chi connectivity index (χ1n) is 11.6. The van der Waals surface area contributed by atoms with Crippen molar-refractivity contribution in [1.29, 1.82) is 0 Å². The van der Waals surface area contributed by atoms with Crippen LogP contribution >= 0.6 is 11.6 Å². The van der Waals surface area contributed by atoms with E-state index in [0.717, 1.165) is 0 Å². The second-order valence-corrected chi connectivity index (χ2v) is 9.30. The molecule has 0 saturated carbocycles. The van der Waals surface area contributed by atoms with Gasteiger partial charge in [0.2, 0.25) is 0 Å². The van der Waals surface area contributed by atoms with Gasteiger partial charge in [-0.15, -0.1) is 0 Å². The lowest BCUT2D eigenvalue weighted by Gasteiger charge is -2.33. The van der Waals surface area contributed by atoms with Gasteiger partial charge in [-0.25, -0.2) is 9.37 Å². The maximum absolute atomic E-state index is 14.6. The van der Waals surface area contributed by atoms with E-state index in [4.69, 9.17) is 16.6 Å². The van der Waals surface area contributed by atoms with Crippen molar-refractivity contribution in [3.8, 4) is 5.69 Å². The van der Waals surface area contributed by atoms with E-state index in [1.807, 2.05) is 26.8 Å². The molecule has 0 saturated heterocycles. The molecule has 3 aromatic carbocycles. The minimum absolute atomic E-state index is 0.0101. The molecule has 0 fully saturated rings. The summed E-state index contributed by atoms with van der Waals surface area (Å²) in [5.41, 5.74) is 0.822. The lowest BCUT2D eigenvalue weighted by atomic mass is 10.0. The van der Waals surface area contributed by atoms with E-state index in [0.29, 0.717) is 40.4 Å². The number of carbonyl (C=O) groups excluding carboxylic acids is 1. The third-order valence-electron chi connectivity index (χ3n) is 5.86. The molecule has 0 spiro atoms. The van der Waals surface area contributed by atoms with Crippen LogP contribution in [0.2, 0.25) is 5.02 Å². The Morgan fingerprint density at radius 2 is 1.77 bits per heavy atom. The van der Waals surface area contributed by atoms with Crippen LogP contribution in [-0.4, -0.2) is 26.9 Å². The van der Waals surface area contributed by atoms with Gasteiger partial charge in [-0.1, -0.05) is 62.7 Å². The first-order valence-corrected chi connectivity index (χ1v) is 12.0. The van der Waals surface area contributed by atoms with Gasteiger partial charge in [0, 0.05) is 11.6 Å². The summed E-state index contributed by atoms with van der Waals surface area (Å²) in [6, 6.07) is 19.5. The topological polar surface area (TPSA) is 55.2 Å². The Morgan fingerprint density at radius 3 is 2.46 bits per heavy atom. The Balaban J connectivity index is 1.98. The van der Waals surface area contributed by atoms with Crippen LogP contribution in [0.1, 0.15) is 49.4 Å². The molecule has 4 aromatic rings. The molecule has 1 unspecified atom stereocenters. The van der Waals surface area contributed by atoms with Crippen molar-refractivity contribution in [2.45, 2.75) is 33.2 Å². The van der Waals surface area contributed by atoms with Gasteiger partial charge in [-0.3, -0.25) is 14.2 Å². The van der Waals surface area contributed by atoms with Crippen molar-refractivity contribution in [2.24, 2.45) is 5.92 Å². The second kappa shape index (κ2) is 10.4. The highest BCUT2D eigenvalue weighted by Gasteiger charge is 2.31. The summed E-state index contributed by atoms with van der Waals surface area (Å²) >= 11 is 6.27. The quantitative estimate of drug-likeness (QED) is 0.299. The van der Waals surface area contributed by atoms with Crippen LogP contribution in [0.3, 0.4) is 0 Å². The smallest absolute Gasteiger partial charge is 0.266 e. The minimum atomic E-state index is -0.584. The first-order chi connectivity index (χ1) is 16.8. The molecule has 4 rings (SSSR count). The van der Waals surface area contributed by atoms with Crippen molar-refractivity contribution in [3.63, 3.8) is 0 Å². The van der Waals surface area contributed by atoms with Gasteiger partial charge in [-0.2, -0.15) is 0 Å². The number of hydrogen-bond donors (Lipinski definition) is 0. The molecule has 5 nitrogen and oxygen atoms in total. The largest absolute Gasteiger partial charge is 0.328 e. The molecular formula is C28H27ClFN3O2. The average molecular weight is 492 g/mol. The van der Waals surface area contributed by atoms with Gasteiger partial charge in [0.25, 0.3) is 11.5 Å². The SMILES string of the molecule is CCC(c1nc2ccccc2c(=O)n1-c1cccc(Cl)c1)N(CC(C)C)C(=O)c1ccccc1F. The van der Waals surface area contributed by atoms with Crippen LogP contribution in [-0.2, 0) is 0 Å². The van der Waals surface area contributed by atoms with Gasteiger partial charge in [-0.05, 0) is 54.8 Å². The van der Waals surface area contributed by atoms with Crippen molar-refractivity contribution < 1.29 is 9.18 Å². The normalized spacial score (nSPS) is 12.2. The fourth-order valence-corrected chi connectivity index (χ4v) is 4.50. The molecule has 1 aromatic heterocycles. The molecule has 180 valence electrons. The highest BCUT2D eigenvalue weighted by Crippen LogP contribution is 2.29. The molecule has 0 N–H and O–H groups in total. The molecule has 0 aliphatic carbocycles. The first kappa shape index (κ1) is 24.6. The molecule has 35 heavy (non-hydrogen) atoms.